The van der Waals surface area contributed by atoms with Gasteiger partial charge < -0.3 is 9.30 Å². The maximum Gasteiger partial charge on any atom is 0.275 e. The van der Waals surface area contributed by atoms with Crippen LogP contribution in [-0.2, 0) is 0 Å². The van der Waals surface area contributed by atoms with Crippen molar-refractivity contribution in [3.8, 4) is 5.75 Å². The van der Waals surface area contributed by atoms with Crippen molar-refractivity contribution in [3.63, 3.8) is 0 Å². The van der Waals surface area contributed by atoms with Crippen LogP contribution in [0.15, 0.2) is 72.0 Å². The number of hydrogen-bond acceptors (Lipinski definition) is 3. The summed E-state index contributed by atoms with van der Waals surface area (Å²) in [5, 5.41) is 7.34. The van der Waals surface area contributed by atoms with Crippen molar-refractivity contribution in [2.24, 2.45) is 5.10 Å². The summed E-state index contributed by atoms with van der Waals surface area (Å²) in [5.41, 5.74) is 5.23. The second-order valence-corrected chi connectivity index (χ2v) is 7.36. The van der Waals surface area contributed by atoms with Gasteiger partial charge >= 0.3 is 0 Å². The predicted molar refractivity (Wildman–Crippen MR) is 123 cm³/mol. The Kier molecular flexibility index (Phi) is 5.53. The number of hydrogen-bond donors (Lipinski definition) is 1. The number of carbonyl (C=O) groups is 1. The van der Waals surface area contributed by atoms with Crippen LogP contribution in [0.2, 0.25) is 0 Å². The van der Waals surface area contributed by atoms with Gasteiger partial charge in [0.1, 0.15) is 5.75 Å². The topological polar surface area (TPSA) is 55.6 Å². The van der Waals surface area contributed by atoms with Crippen LogP contribution in [0.5, 0.6) is 5.75 Å². The minimum absolute atomic E-state index is 0.306. The first-order chi connectivity index (χ1) is 14.6. The molecule has 0 bridgehead atoms. The number of benzene rings is 3. The number of fused-ring (bicyclic) bond motifs is 2. The van der Waals surface area contributed by atoms with Crippen LogP contribution >= 0.6 is 0 Å². The van der Waals surface area contributed by atoms with Crippen LogP contribution in [0, 0.1) is 0 Å². The number of ether oxygens (including phenoxy) is 1. The third-order valence-corrected chi connectivity index (χ3v) is 5.52. The second-order valence-electron chi connectivity index (χ2n) is 7.36. The van der Waals surface area contributed by atoms with Gasteiger partial charge in [0, 0.05) is 28.7 Å². The lowest BCUT2D eigenvalue weighted by molar-refractivity contribution is 0.0952. The molecule has 0 spiro atoms. The molecule has 0 aliphatic heterocycles. The van der Waals surface area contributed by atoms with E-state index >= 15 is 0 Å². The summed E-state index contributed by atoms with van der Waals surface area (Å²) in [6, 6.07) is 20.2. The molecule has 0 aliphatic rings. The molecule has 152 valence electrons. The van der Waals surface area contributed by atoms with E-state index < -0.39 is 0 Å². The lowest BCUT2D eigenvalue weighted by atomic mass is 10.1. The minimum atomic E-state index is -0.306. The fourth-order valence-electron chi connectivity index (χ4n) is 3.68. The molecule has 1 heterocycles. The fraction of sp³-hybridized carbons (Fsp3) is 0.200. The number of amides is 1. The maximum atomic E-state index is 12.8. The number of carbonyl (C=O) groups excluding carboxylic acids is 1. The van der Waals surface area contributed by atoms with Gasteiger partial charge in [-0.3, -0.25) is 4.79 Å². The van der Waals surface area contributed by atoms with E-state index in [0.717, 1.165) is 33.7 Å². The Bertz CT molecular complexity index is 1240. The highest BCUT2D eigenvalue weighted by Gasteiger charge is 2.14. The lowest BCUT2D eigenvalue weighted by Gasteiger charge is -2.12. The molecule has 0 unspecified atom stereocenters. The molecule has 4 rings (SSSR count). The average molecular weight is 399 g/mol. The van der Waals surface area contributed by atoms with Crippen molar-refractivity contribution >= 4 is 33.8 Å². The van der Waals surface area contributed by atoms with Crippen molar-refractivity contribution in [1.82, 2.24) is 9.99 Å². The Morgan fingerprint density at radius 1 is 1.13 bits per heavy atom. The number of nitrogens with zero attached hydrogens (tertiary/aromatic N) is 2. The Hall–Kier alpha value is -3.60. The maximum absolute atomic E-state index is 12.8. The van der Waals surface area contributed by atoms with Crippen LogP contribution in [0.4, 0.5) is 0 Å². The molecular weight excluding hydrogens is 374 g/mol. The quantitative estimate of drug-likeness (QED) is 0.342. The van der Waals surface area contributed by atoms with E-state index in [1.54, 1.807) is 13.3 Å². The summed E-state index contributed by atoms with van der Waals surface area (Å²) >= 11 is 0. The largest absolute Gasteiger partial charge is 0.496 e. The number of nitrogens with one attached hydrogen (secondary N) is 1. The van der Waals surface area contributed by atoms with Crippen LogP contribution < -0.4 is 10.2 Å². The highest BCUT2D eigenvalue weighted by molar-refractivity contribution is 6.03. The van der Waals surface area contributed by atoms with E-state index in [-0.39, 0.29) is 5.91 Å². The van der Waals surface area contributed by atoms with Crippen molar-refractivity contribution < 1.29 is 9.53 Å². The van der Waals surface area contributed by atoms with E-state index in [9.17, 15) is 4.79 Å². The highest BCUT2D eigenvalue weighted by Crippen LogP contribution is 2.26. The summed E-state index contributed by atoms with van der Waals surface area (Å²) in [7, 11) is 1.56. The first-order valence-electron chi connectivity index (χ1n) is 10.1. The summed E-state index contributed by atoms with van der Waals surface area (Å²) in [6.07, 6.45) is 4.82. The number of aromatic nitrogens is 1. The van der Waals surface area contributed by atoms with Gasteiger partial charge in [0.25, 0.3) is 5.91 Å². The van der Waals surface area contributed by atoms with Crippen molar-refractivity contribution in [3.05, 3.63) is 78.0 Å². The molecule has 0 saturated heterocycles. The molecule has 1 aromatic heterocycles. The Balaban J connectivity index is 1.61. The molecule has 1 N–H and O–H groups in total. The van der Waals surface area contributed by atoms with Crippen molar-refractivity contribution in [2.45, 2.75) is 26.3 Å². The zero-order valence-electron chi connectivity index (χ0n) is 17.4. The predicted octanol–water partition coefficient (Wildman–Crippen LogP) is 5.54. The standard InChI is InChI=1S/C25H25N3O2/c1-4-17(2)28-16-20(21-11-7-8-12-23(21)28)15-26-27-25(29)22-13-18-9-5-6-10-19(18)14-24(22)30-3/h5-17H,4H2,1-3H3,(H,27,29)/b26-15-/t17-/m1/s1. The third kappa shape index (κ3) is 3.66. The number of hydrazone groups is 1. The number of methoxy groups -OCH3 is 1. The molecule has 1 atom stereocenters. The normalized spacial score (nSPS) is 12.5. The van der Waals surface area contributed by atoms with Crippen LogP contribution in [-0.4, -0.2) is 23.8 Å². The van der Waals surface area contributed by atoms with Crippen LogP contribution in [0.25, 0.3) is 21.7 Å². The van der Waals surface area contributed by atoms with E-state index in [1.807, 2.05) is 48.5 Å². The van der Waals surface area contributed by atoms with E-state index in [4.69, 9.17) is 4.74 Å². The van der Waals surface area contributed by atoms with Gasteiger partial charge in [0.15, 0.2) is 0 Å². The summed E-state index contributed by atoms with van der Waals surface area (Å²) in [4.78, 5) is 12.8. The number of para-hydroxylation sites is 1. The highest BCUT2D eigenvalue weighted by atomic mass is 16.5. The van der Waals surface area contributed by atoms with E-state index in [2.05, 4.69) is 47.3 Å². The van der Waals surface area contributed by atoms with Gasteiger partial charge in [-0.25, -0.2) is 5.43 Å². The molecule has 5 nitrogen and oxygen atoms in total. The number of rotatable bonds is 6. The van der Waals surface area contributed by atoms with Crippen LogP contribution in [0.1, 0.15) is 42.2 Å². The van der Waals surface area contributed by atoms with Crippen molar-refractivity contribution in [1.29, 1.82) is 0 Å². The van der Waals surface area contributed by atoms with Gasteiger partial charge in [0.2, 0.25) is 0 Å². The molecule has 1 amide bonds. The lowest BCUT2D eigenvalue weighted by Crippen LogP contribution is -2.18. The summed E-state index contributed by atoms with van der Waals surface area (Å²) < 4.78 is 7.68. The second kappa shape index (κ2) is 8.41. The summed E-state index contributed by atoms with van der Waals surface area (Å²) in [5.74, 6) is 0.217. The first-order valence-corrected chi connectivity index (χ1v) is 10.1. The first kappa shape index (κ1) is 19.7. The van der Waals surface area contributed by atoms with Crippen molar-refractivity contribution in [2.75, 3.05) is 7.11 Å². The fourth-order valence-corrected chi connectivity index (χ4v) is 3.68. The average Bonchev–Trinajstić information content (AvgIpc) is 3.16. The SMILES string of the molecule is CC[C@@H](C)n1cc(/C=N\NC(=O)c2cc3ccccc3cc2OC)c2ccccc21. The van der Waals surface area contributed by atoms with Gasteiger partial charge in [-0.1, -0.05) is 49.4 Å². The third-order valence-electron chi connectivity index (χ3n) is 5.52. The molecule has 5 heteroatoms. The summed E-state index contributed by atoms with van der Waals surface area (Å²) in [6.45, 7) is 4.37. The van der Waals surface area contributed by atoms with Gasteiger partial charge in [-0.2, -0.15) is 5.10 Å². The Morgan fingerprint density at radius 3 is 2.57 bits per heavy atom. The molecule has 0 radical (unpaired) electrons. The molecule has 30 heavy (non-hydrogen) atoms. The molecular formula is C25H25N3O2. The molecule has 0 saturated carbocycles. The van der Waals surface area contributed by atoms with Crippen LogP contribution in [0.3, 0.4) is 0 Å². The van der Waals surface area contributed by atoms with Gasteiger partial charge in [-0.05, 0) is 42.3 Å². The zero-order valence-corrected chi connectivity index (χ0v) is 17.4. The van der Waals surface area contributed by atoms with Gasteiger partial charge in [-0.15, -0.1) is 0 Å². The van der Waals surface area contributed by atoms with E-state index in [0.29, 0.717) is 17.4 Å². The van der Waals surface area contributed by atoms with Gasteiger partial charge in [0.05, 0.1) is 18.9 Å². The van der Waals surface area contributed by atoms with E-state index in [1.165, 1.54) is 0 Å². The molecule has 3 aromatic carbocycles. The Morgan fingerprint density at radius 2 is 1.83 bits per heavy atom. The monoisotopic (exact) mass is 399 g/mol. The molecule has 0 fully saturated rings. The molecule has 4 aromatic rings. The molecule has 0 aliphatic carbocycles. The minimum Gasteiger partial charge on any atom is -0.496 e. The zero-order chi connectivity index (χ0) is 21.1. The Labute approximate surface area is 176 Å². The smallest absolute Gasteiger partial charge is 0.275 e.